The third-order valence-electron chi connectivity index (χ3n) is 3.08. The number of halogens is 1. The summed E-state index contributed by atoms with van der Waals surface area (Å²) >= 11 is 6.20. The monoisotopic (exact) mass is 313 g/mol. The molecule has 7 nitrogen and oxygen atoms in total. The van der Waals surface area contributed by atoms with Crippen molar-refractivity contribution in [1.29, 1.82) is 0 Å². The minimum absolute atomic E-state index is 0.0648. The van der Waals surface area contributed by atoms with E-state index in [-0.39, 0.29) is 11.9 Å². The number of anilines is 2. The second kappa shape index (κ2) is 6.91. The van der Waals surface area contributed by atoms with Crippen molar-refractivity contribution in [2.45, 2.75) is 25.9 Å². The van der Waals surface area contributed by atoms with Crippen LogP contribution < -0.4 is 15.5 Å². The highest BCUT2D eigenvalue weighted by Gasteiger charge is 2.32. The standard InChI is InChI=1S/C13H20ClN5O2/c1-8(2)17-12(20)10-7-21-5-4-19(10)11-9(14)6-16-13(15-3)18-11/h6,8,10H,4-5,7H2,1-3H3,(H,17,20)(H,15,16,18). The van der Waals surface area contributed by atoms with E-state index in [9.17, 15) is 4.79 Å². The molecule has 0 radical (unpaired) electrons. The molecule has 0 spiro atoms. The Balaban J connectivity index is 2.28. The fraction of sp³-hybridized carbons (Fsp3) is 0.615. The van der Waals surface area contributed by atoms with Gasteiger partial charge in [-0.2, -0.15) is 4.98 Å². The molecule has 0 aliphatic carbocycles. The van der Waals surface area contributed by atoms with Crippen LogP contribution in [0, 0.1) is 0 Å². The molecule has 0 saturated carbocycles. The van der Waals surface area contributed by atoms with Gasteiger partial charge in [0.1, 0.15) is 11.1 Å². The number of carbonyl (C=O) groups excluding carboxylic acids is 1. The summed E-state index contributed by atoms with van der Waals surface area (Å²) in [5, 5.41) is 6.18. The van der Waals surface area contributed by atoms with Gasteiger partial charge < -0.3 is 20.3 Å². The number of carbonyl (C=O) groups is 1. The molecule has 1 aromatic heterocycles. The largest absolute Gasteiger partial charge is 0.377 e. The van der Waals surface area contributed by atoms with Gasteiger partial charge in [0, 0.05) is 19.6 Å². The fourth-order valence-electron chi connectivity index (χ4n) is 2.14. The smallest absolute Gasteiger partial charge is 0.245 e. The third kappa shape index (κ3) is 3.74. The number of hydrogen-bond acceptors (Lipinski definition) is 6. The molecule has 1 fully saturated rings. The Hall–Kier alpha value is -1.60. The van der Waals surface area contributed by atoms with Crippen LogP contribution in [0.2, 0.25) is 5.02 Å². The first-order chi connectivity index (χ1) is 10.0. The summed E-state index contributed by atoms with van der Waals surface area (Å²) in [5.41, 5.74) is 0. The molecule has 1 aliphatic rings. The van der Waals surface area contributed by atoms with E-state index in [0.717, 1.165) is 0 Å². The molecule has 1 unspecified atom stereocenters. The molecule has 1 saturated heterocycles. The summed E-state index contributed by atoms with van der Waals surface area (Å²) < 4.78 is 5.43. The van der Waals surface area contributed by atoms with Gasteiger partial charge >= 0.3 is 0 Å². The van der Waals surface area contributed by atoms with Crippen LogP contribution in [0.3, 0.4) is 0 Å². The van der Waals surface area contributed by atoms with Crippen LogP contribution in [0.4, 0.5) is 11.8 Å². The van der Waals surface area contributed by atoms with Crippen LogP contribution in [0.25, 0.3) is 0 Å². The van der Waals surface area contributed by atoms with Gasteiger partial charge in [0.15, 0.2) is 5.82 Å². The molecule has 1 amide bonds. The lowest BCUT2D eigenvalue weighted by atomic mass is 10.2. The topological polar surface area (TPSA) is 79.4 Å². The quantitative estimate of drug-likeness (QED) is 0.860. The van der Waals surface area contributed by atoms with Gasteiger partial charge in [0.25, 0.3) is 0 Å². The number of nitrogens with one attached hydrogen (secondary N) is 2. The van der Waals surface area contributed by atoms with Gasteiger partial charge in [-0.3, -0.25) is 4.79 Å². The highest BCUT2D eigenvalue weighted by atomic mass is 35.5. The number of aromatic nitrogens is 2. The zero-order chi connectivity index (χ0) is 15.4. The Morgan fingerprint density at radius 1 is 1.57 bits per heavy atom. The minimum Gasteiger partial charge on any atom is -0.377 e. The SMILES string of the molecule is CNc1ncc(Cl)c(N2CCOCC2C(=O)NC(C)C)n1. The number of ether oxygens (including phenoxy) is 1. The van der Waals surface area contributed by atoms with E-state index < -0.39 is 6.04 Å². The third-order valence-corrected chi connectivity index (χ3v) is 3.35. The van der Waals surface area contributed by atoms with E-state index in [2.05, 4.69) is 20.6 Å². The van der Waals surface area contributed by atoms with Crippen molar-refractivity contribution in [3.8, 4) is 0 Å². The maximum atomic E-state index is 12.3. The fourth-order valence-corrected chi connectivity index (χ4v) is 2.33. The van der Waals surface area contributed by atoms with Crippen LogP contribution in [0.1, 0.15) is 13.8 Å². The Labute approximate surface area is 129 Å². The average molecular weight is 314 g/mol. The van der Waals surface area contributed by atoms with E-state index in [1.54, 1.807) is 7.05 Å². The first kappa shape index (κ1) is 15.8. The molecule has 0 aromatic carbocycles. The van der Waals surface area contributed by atoms with Crippen molar-refractivity contribution < 1.29 is 9.53 Å². The second-order valence-electron chi connectivity index (χ2n) is 5.06. The van der Waals surface area contributed by atoms with Gasteiger partial charge in [-0.1, -0.05) is 11.6 Å². The molecule has 2 heterocycles. The number of hydrogen-bond donors (Lipinski definition) is 2. The number of nitrogens with zero attached hydrogens (tertiary/aromatic N) is 3. The highest BCUT2D eigenvalue weighted by Crippen LogP contribution is 2.26. The van der Waals surface area contributed by atoms with E-state index >= 15 is 0 Å². The van der Waals surface area contributed by atoms with Gasteiger partial charge in [0.2, 0.25) is 11.9 Å². The Kier molecular flexibility index (Phi) is 5.19. The number of amides is 1. The van der Waals surface area contributed by atoms with Gasteiger partial charge in [-0.15, -0.1) is 0 Å². The van der Waals surface area contributed by atoms with Crippen LogP contribution in [-0.2, 0) is 9.53 Å². The Morgan fingerprint density at radius 3 is 3.00 bits per heavy atom. The normalized spacial score (nSPS) is 18.7. The Morgan fingerprint density at radius 2 is 2.33 bits per heavy atom. The maximum absolute atomic E-state index is 12.3. The van der Waals surface area contributed by atoms with Crippen molar-refractivity contribution >= 4 is 29.3 Å². The second-order valence-corrected chi connectivity index (χ2v) is 5.47. The molecule has 116 valence electrons. The first-order valence-corrected chi connectivity index (χ1v) is 7.25. The predicted molar refractivity (Wildman–Crippen MR) is 81.8 cm³/mol. The van der Waals surface area contributed by atoms with Gasteiger partial charge in [-0.25, -0.2) is 4.98 Å². The molecule has 21 heavy (non-hydrogen) atoms. The van der Waals surface area contributed by atoms with Crippen molar-refractivity contribution in [3.05, 3.63) is 11.2 Å². The zero-order valence-corrected chi connectivity index (χ0v) is 13.1. The molecular formula is C13H20ClN5O2. The van der Waals surface area contributed by atoms with Gasteiger partial charge in [-0.05, 0) is 13.8 Å². The zero-order valence-electron chi connectivity index (χ0n) is 12.4. The lowest BCUT2D eigenvalue weighted by molar-refractivity contribution is -0.125. The van der Waals surface area contributed by atoms with E-state index in [4.69, 9.17) is 16.3 Å². The molecule has 2 rings (SSSR count). The van der Waals surface area contributed by atoms with E-state index in [0.29, 0.717) is 36.5 Å². The first-order valence-electron chi connectivity index (χ1n) is 6.88. The minimum atomic E-state index is -0.446. The summed E-state index contributed by atoms with van der Waals surface area (Å²) in [5.74, 6) is 0.914. The van der Waals surface area contributed by atoms with E-state index in [1.165, 1.54) is 6.20 Å². The summed E-state index contributed by atoms with van der Waals surface area (Å²) in [6.07, 6.45) is 1.53. The number of rotatable bonds is 4. The molecule has 2 N–H and O–H groups in total. The van der Waals surface area contributed by atoms with Crippen LogP contribution in [0.5, 0.6) is 0 Å². The molecule has 8 heteroatoms. The maximum Gasteiger partial charge on any atom is 0.245 e. The summed E-state index contributed by atoms with van der Waals surface area (Å²) in [6, 6.07) is -0.381. The van der Waals surface area contributed by atoms with Crippen molar-refractivity contribution in [2.75, 3.05) is 37.0 Å². The summed E-state index contributed by atoms with van der Waals surface area (Å²) in [7, 11) is 1.73. The summed E-state index contributed by atoms with van der Waals surface area (Å²) in [6.45, 7) is 5.23. The predicted octanol–water partition coefficient (Wildman–Crippen LogP) is 0.901. The molecule has 0 bridgehead atoms. The van der Waals surface area contributed by atoms with Crippen molar-refractivity contribution in [1.82, 2.24) is 15.3 Å². The lowest BCUT2D eigenvalue weighted by Gasteiger charge is -2.36. The lowest BCUT2D eigenvalue weighted by Crippen LogP contribution is -2.55. The molecule has 1 aromatic rings. The van der Waals surface area contributed by atoms with Crippen molar-refractivity contribution in [2.24, 2.45) is 0 Å². The highest BCUT2D eigenvalue weighted by molar-refractivity contribution is 6.32. The molecule has 1 atom stereocenters. The number of morpholine rings is 1. The molecule has 1 aliphatic heterocycles. The van der Waals surface area contributed by atoms with E-state index in [1.807, 2.05) is 18.7 Å². The van der Waals surface area contributed by atoms with Gasteiger partial charge in [0.05, 0.1) is 19.4 Å². The van der Waals surface area contributed by atoms with Crippen LogP contribution in [-0.4, -0.2) is 54.8 Å². The van der Waals surface area contributed by atoms with Crippen molar-refractivity contribution in [3.63, 3.8) is 0 Å². The van der Waals surface area contributed by atoms with Crippen LogP contribution >= 0.6 is 11.6 Å². The molecular weight excluding hydrogens is 294 g/mol. The summed E-state index contributed by atoms with van der Waals surface area (Å²) in [4.78, 5) is 22.6. The Bertz CT molecular complexity index is 511. The van der Waals surface area contributed by atoms with Crippen LogP contribution in [0.15, 0.2) is 6.20 Å². The average Bonchev–Trinajstić information content (AvgIpc) is 2.47.